The molecule has 2 aromatic carbocycles. The minimum atomic E-state index is 0.0573. The van der Waals surface area contributed by atoms with Crippen molar-refractivity contribution in [3.63, 3.8) is 0 Å². The summed E-state index contributed by atoms with van der Waals surface area (Å²) >= 11 is 2.40. The second-order valence-electron chi connectivity index (χ2n) is 6.17. The SMILES string of the molecule is CC(=O)Sc1ccc(C#Cc2ccnc(C#Cc3ccc(SC(C)=O)cc3)c2)cc1. The van der Waals surface area contributed by atoms with Crippen molar-refractivity contribution in [2.75, 3.05) is 0 Å². The zero-order chi connectivity index (χ0) is 21.3. The third-order valence-corrected chi connectivity index (χ3v) is 5.27. The molecule has 1 heterocycles. The molecule has 3 aromatic rings. The van der Waals surface area contributed by atoms with E-state index in [2.05, 4.69) is 28.7 Å². The largest absolute Gasteiger partial charge is 0.287 e. The van der Waals surface area contributed by atoms with Crippen molar-refractivity contribution in [1.82, 2.24) is 4.98 Å². The highest BCUT2D eigenvalue weighted by Crippen LogP contribution is 2.19. The molecule has 1 aromatic heterocycles. The lowest BCUT2D eigenvalue weighted by Crippen LogP contribution is -1.85. The molecule has 0 N–H and O–H groups in total. The molecule has 0 saturated heterocycles. The number of benzene rings is 2. The summed E-state index contributed by atoms with van der Waals surface area (Å²) in [6.45, 7) is 3.09. The minimum absolute atomic E-state index is 0.0573. The van der Waals surface area contributed by atoms with E-state index in [9.17, 15) is 9.59 Å². The molecule has 0 bridgehead atoms. The number of hydrogen-bond donors (Lipinski definition) is 0. The molecule has 0 atom stereocenters. The average molecular weight is 428 g/mol. The van der Waals surface area contributed by atoms with Crippen LogP contribution in [0.2, 0.25) is 0 Å². The van der Waals surface area contributed by atoms with Gasteiger partial charge in [-0.3, -0.25) is 9.59 Å². The highest BCUT2D eigenvalue weighted by molar-refractivity contribution is 8.13. The number of aromatic nitrogens is 1. The van der Waals surface area contributed by atoms with Crippen molar-refractivity contribution in [3.8, 4) is 23.7 Å². The van der Waals surface area contributed by atoms with Gasteiger partial charge in [-0.2, -0.15) is 0 Å². The van der Waals surface area contributed by atoms with E-state index in [1.54, 1.807) is 20.0 Å². The van der Waals surface area contributed by atoms with Crippen molar-refractivity contribution >= 4 is 33.8 Å². The molecular weight excluding hydrogens is 410 g/mol. The molecule has 0 amide bonds. The molecule has 0 unspecified atom stereocenters. The summed E-state index contributed by atoms with van der Waals surface area (Å²) in [5, 5.41) is 0.118. The fraction of sp³-hybridized carbons (Fsp3) is 0.0800. The molecule has 146 valence electrons. The van der Waals surface area contributed by atoms with Gasteiger partial charge in [-0.05, 0) is 66.6 Å². The summed E-state index contributed by atoms with van der Waals surface area (Å²) in [4.78, 5) is 28.4. The van der Waals surface area contributed by atoms with Gasteiger partial charge in [0.1, 0.15) is 5.69 Å². The van der Waals surface area contributed by atoms with Crippen LogP contribution in [0, 0.1) is 23.7 Å². The first kappa shape index (κ1) is 21.5. The van der Waals surface area contributed by atoms with Gasteiger partial charge in [0, 0.05) is 46.5 Å². The summed E-state index contributed by atoms with van der Waals surface area (Å²) in [6, 6.07) is 18.8. The fourth-order valence-electron chi connectivity index (χ4n) is 2.40. The number of thioether (sulfide) groups is 2. The Morgan fingerprint density at radius 3 is 1.63 bits per heavy atom. The monoisotopic (exact) mass is 427 g/mol. The van der Waals surface area contributed by atoms with Gasteiger partial charge < -0.3 is 0 Å². The second kappa shape index (κ2) is 10.5. The second-order valence-corrected chi connectivity index (χ2v) is 8.67. The van der Waals surface area contributed by atoms with Crippen LogP contribution in [0.5, 0.6) is 0 Å². The Bertz CT molecular complexity index is 1100. The topological polar surface area (TPSA) is 47.0 Å². The third-order valence-electron chi connectivity index (χ3n) is 3.68. The molecule has 0 aliphatic rings. The number of carbonyl (C=O) groups excluding carboxylic acids is 2. The molecular formula is C25H17NO2S2. The van der Waals surface area contributed by atoms with Crippen LogP contribution in [-0.4, -0.2) is 15.2 Å². The van der Waals surface area contributed by atoms with Crippen molar-refractivity contribution in [3.05, 3.63) is 89.2 Å². The molecule has 0 fully saturated rings. The van der Waals surface area contributed by atoms with E-state index in [1.807, 2.05) is 60.7 Å². The molecule has 0 spiro atoms. The van der Waals surface area contributed by atoms with Gasteiger partial charge in [-0.25, -0.2) is 4.98 Å². The van der Waals surface area contributed by atoms with E-state index in [0.29, 0.717) is 5.69 Å². The van der Waals surface area contributed by atoms with E-state index in [1.165, 1.54) is 23.5 Å². The molecule has 5 heteroatoms. The smallest absolute Gasteiger partial charge is 0.190 e. The van der Waals surface area contributed by atoms with Crippen molar-refractivity contribution in [2.24, 2.45) is 0 Å². The van der Waals surface area contributed by atoms with Crippen LogP contribution in [0.1, 0.15) is 36.2 Å². The predicted octanol–water partition coefficient (Wildman–Crippen LogP) is 5.16. The Morgan fingerprint density at radius 2 is 1.13 bits per heavy atom. The third kappa shape index (κ3) is 6.97. The molecule has 0 aliphatic carbocycles. The zero-order valence-electron chi connectivity index (χ0n) is 16.4. The number of pyridine rings is 1. The van der Waals surface area contributed by atoms with Gasteiger partial charge in [0.15, 0.2) is 10.2 Å². The Balaban J connectivity index is 1.70. The van der Waals surface area contributed by atoms with E-state index in [0.717, 1.165) is 26.5 Å². The van der Waals surface area contributed by atoms with Crippen molar-refractivity contribution in [2.45, 2.75) is 23.6 Å². The van der Waals surface area contributed by atoms with Gasteiger partial charge in [0.05, 0.1) is 0 Å². The minimum Gasteiger partial charge on any atom is -0.287 e. The Kier molecular flexibility index (Phi) is 7.51. The van der Waals surface area contributed by atoms with Crippen LogP contribution in [0.25, 0.3) is 0 Å². The number of hydrogen-bond acceptors (Lipinski definition) is 5. The van der Waals surface area contributed by atoms with Gasteiger partial charge in [0.25, 0.3) is 0 Å². The maximum absolute atomic E-state index is 11.1. The van der Waals surface area contributed by atoms with Crippen LogP contribution in [0.4, 0.5) is 0 Å². The van der Waals surface area contributed by atoms with Crippen molar-refractivity contribution in [1.29, 1.82) is 0 Å². The molecule has 3 nitrogen and oxygen atoms in total. The first-order chi connectivity index (χ1) is 14.5. The van der Waals surface area contributed by atoms with Crippen LogP contribution >= 0.6 is 23.5 Å². The number of nitrogens with zero attached hydrogens (tertiary/aromatic N) is 1. The Hall–Kier alpha value is -3.25. The first-order valence-corrected chi connectivity index (χ1v) is 10.7. The highest BCUT2D eigenvalue weighted by atomic mass is 32.2. The Morgan fingerprint density at radius 1 is 0.667 bits per heavy atom. The number of carbonyl (C=O) groups is 2. The summed E-state index contributed by atoms with van der Waals surface area (Å²) in [6.07, 6.45) is 1.69. The van der Waals surface area contributed by atoms with Crippen LogP contribution in [0.15, 0.2) is 76.7 Å². The zero-order valence-corrected chi connectivity index (χ0v) is 18.1. The maximum Gasteiger partial charge on any atom is 0.190 e. The average Bonchev–Trinajstić information content (AvgIpc) is 2.72. The summed E-state index contributed by atoms with van der Waals surface area (Å²) < 4.78 is 0. The quantitative estimate of drug-likeness (QED) is 0.418. The lowest BCUT2D eigenvalue weighted by molar-refractivity contribution is -0.109. The van der Waals surface area contributed by atoms with Crippen LogP contribution in [-0.2, 0) is 9.59 Å². The molecule has 0 aliphatic heterocycles. The van der Waals surface area contributed by atoms with Gasteiger partial charge in [-0.15, -0.1) is 0 Å². The highest BCUT2D eigenvalue weighted by Gasteiger charge is 1.99. The van der Waals surface area contributed by atoms with Crippen LogP contribution in [0.3, 0.4) is 0 Å². The molecule has 30 heavy (non-hydrogen) atoms. The van der Waals surface area contributed by atoms with Gasteiger partial charge >= 0.3 is 0 Å². The summed E-state index contributed by atoms with van der Waals surface area (Å²) in [5.74, 6) is 12.4. The normalized spacial score (nSPS) is 9.67. The van der Waals surface area contributed by atoms with E-state index in [4.69, 9.17) is 0 Å². The first-order valence-electron chi connectivity index (χ1n) is 9.05. The van der Waals surface area contributed by atoms with E-state index >= 15 is 0 Å². The fourth-order valence-corrected chi connectivity index (χ4v) is 3.61. The number of rotatable bonds is 2. The van der Waals surface area contributed by atoms with Gasteiger partial charge in [-0.1, -0.05) is 41.3 Å². The molecule has 0 radical (unpaired) electrons. The van der Waals surface area contributed by atoms with E-state index < -0.39 is 0 Å². The van der Waals surface area contributed by atoms with Crippen LogP contribution < -0.4 is 0 Å². The standard InChI is InChI=1S/C25H17NO2S2/c1-18(27)29-24-11-6-20(7-12-24)3-4-22-15-16-26-23(17-22)10-5-21-8-13-25(14-9-21)30-19(2)28/h6-9,11-17H,1-2H3. The van der Waals surface area contributed by atoms with E-state index in [-0.39, 0.29) is 10.2 Å². The lowest BCUT2D eigenvalue weighted by atomic mass is 10.2. The van der Waals surface area contributed by atoms with Crippen molar-refractivity contribution < 1.29 is 9.59 Å². The molecule has 3 rings (SSSR count). The molecule has 0 saturated carbocycles. The maximum atomic E-state index is 11.1. The Labute approximate surface area is 184 Å². The summed E-state index contributed by atoms with van der Waals surface area (Å²) in [5.41, 5.74) is 3.18. The summed E-state index contributed by atoms with van der Waals surface area (Å²) in [7, 11) is 0. The predicted molar refractivity (Wildman–Crippen MR) is 122 cm³/mol. The van der Waals surface area contributed by atoms with Gasteiger partial charge in [0.2, 0.25) is 0 Å². The lowest BCUT2D eigenvalue weighted by Gasteiger charge is -1.97.